The molecule has 1 radical (unpaired) electrons. The number of allylic oxidation sites excluding steroid dienone is 2. The SMILES string of the molecule is C/C=C/CC(C)C(O)C([C]=O)NC. The Balaban J connectivity index is 4.05. The average molecular weight is 184 g/mol. The van der Waals surface area contributed by atoms with Crippen LogP contribution in [-0.2, 0) is 4.79 Å². The Hall–Kier alpha value is -0.670. The first kappa shape index (κ1) is 12.3. The highest BCUT2D eigenvalue weighted by Crippen LogP contribution is 2.11. The Morgan fingerprint density at radius 3 is 2.62 bits per heavy atom. The van der Waals surface area contributed by atoms with Crippen molar-refractivity contribution in [2.45, 2.75) is 32.4 Å². The molecule has 2 N–H and O–H groups in total. The summed E-state index contributed by atoms with van der Waals surface area (Å²) in [4.78, 5) is 10.4. The maximum Gasteiger partial charge on any atom is 0.219 e. The first-order chi connectivity index (χ1) is 6.17. The maximum atomic E-state index is 10.4. The van der Waals surface area contributed by atoms with E-state index in [0.29, 0.717) is 0 Å². The summed E-state index contributed by atoms with van der Waals surface area (Å²) < 4.78 is 0. The van der Waals surface area contributed by atoms with Crippen molar-refractivity contribution in [3.8, 4) is 0 Å². The zero-order chi connectivity index (χ0) is 10.3. The Morgan fingerprint density at radius 1 is 1.62 bits per heavy atom. The van der Waals surface area contributed by atoms with Crippen LogP contribution in [0.4, 0.5) is 0 Å². The zero-order valence-corrected chi connectivity index (χ0v) is 8.45. The fourth-order valence-electron chi connectivity index (χ4n) is 1.12. The Bertz CT molecular complexity index is 168. The van der Waals surface area contributed by atoms with Gasteiger partial charge >= 0.3 is 0 Å². The molecule has 0 aliphatic carbocycles. The molecule has 3 unspecified atom stereocenters. The summed E-state index contributed by atoms with van der Waals surface area (Å²) in [7, 11) is 1.64. The van der Waals surface area contributed by atoms with Gasteiger partial charge in [0.2, 0.25) is 6.29 Å². The Labute approximate surface area is 79.8 Å². The first-order valence-corrected chi connectivity index (χ1v) is 4.51. The lowest BCUT2D eigenvalue weighted by Crippen LogP contribution is -2.42. The molecule has 0 saturated heterocycles. The van der Waals surface area contributed by atoms with Crippen LogP contribution in [-0.4, -0.2) is 30.6 Å². The van der Waals surface area contributed by atoms with Gasteiger partial charge in [-0.1, -0.05) is 19.1 Å². The van der Waals surface area contributed by atoms with Gasteiger partial charge in [0.25, 0.3) is 0 Å². The van der Waals surface area contributed by atoms with Crippen LogP contribution in [0.1, 0.15) is 20.3 Å². The molecule has 0 heterocycles. The van der Waals surface area contributed by atoms with Crippen LogP contribution in [0, 0.1) is 5.92 Å². The van der Waals surface area contributed by atoms with Crippen molar-refractivity contribution >= 4 is 6.29 Å². The van der Waals surface area contributed by atoms with E-state index < -0.39 is 12.1 Å². The number of aliphatic hydroxyl groups is 1. The molecular formula is C10H18NO2. The molecule has 75 valence electrons. The molecule has 0 bridgehead atoms. The van der Waals surface area contributed by atoms with Crippen molar-refractivity contribution in [2.75, 3.05) is 7.05 Å². The molecule has 0 aliphatic rings. The summed E-state index contributed by atoms with van der Waals surface area (Å²) in [6.45, 7) is 3.84. The van der Waals surface area contributed by atoms with Gasteiger partial charge in [0.1, 0.15) is 6.04 Å². The predicted octanol–water partition coefficient (Wildman–Crippen LogP) is 0.647. The summed E-state index contributed by atoms with van der Waals surface area (Å²) in [6, 6.07) is -0.583. The van der Waals surface area contributed by atoms with Gasteiger partial charge in [-0.05, 0) is 26.3 Å². The molecule has 0 fully saturated rings. The molecule has 0 aliphatic heterocycles. The average Bonchev–Trinajstić information content (AvgIpc) is 2.15. The van der Waals surface area contributed by atoms with E-state index in [1.54, 1.807) is 13.3 Å². The number of aliphatic hydroxyl groups excluding tert-OH is 1. The van der Waals surface area contributed by atoms with E-state index in [2.05, 4.69) is 5.32 Å². The Kier molecular flexibility index (Phi) is 6.45. The van der Waals surface area contributed by atoms with E-state index in [9.17, 15) is 9.90 Å². The van der Waals surface area contributed by atoms with Crippen molar-refractivity contribution in [1.29, 1.82) is 0 Å². The third-order valence-corrected chi connectivity index (χ3v) is 2.11. The first-order valence-electron chi connectivity index (χ1n) is 4.51. The van der Waals surface area contributed by atoms with E-state index in [-0.39, 0.29) is 5.92 Å². The monoisotopic (exact) mass is 184 g/mol. The van der Waals surface area contributed by atoms with Crippen LogP contribution in [0.3, 0.4) is 0 Å². The van der Waals surface area contributed by atoms with Gasteiger partial charge in [-0.3, -0.25) is 4.79 Å². The van der Waals surface area contributed by atoms with Gasteiger partial charge in [0.15, 0.2) is 0 Å². The van der Waals surface area contributed by atoms with Crippen LogP contribution >= 0.6 is 0 Å². The molecule has 0 amide bonds. The zero-order valence-electron chi connectivity index (χ0n) is 8.45. The van der Waals surface area contributed by atoms with E-state index in [1.807, 2.05) is 26.0 Å². The number of rotatable bonds is 6. The lowest BCUT2D eigenvalue weighted by atomic mass is 9.95. The van der Waals surface area contributed by atoms with Gasteiger partial charge in [-0.15, -0.1) is 0 Å². The molecular weight excluding hydrogens is 166 g/mol. The van der Waals surface area contributed by atoms with Crippen LogP contribution in [0.15, 0.2) is 12.2 Å². The van der Waals surface area contributed by atoms with Crippen LogP contribution in [0.25, 0.3) is 0 Å². The summed E-state index contributed by atoms with van der Waals surface area (Å²) in [6.07, 6.45) is 5.79. The standard InChI is InChI=1S/C10H18NO2/c1-4-5-6-8(2)10(13)9(7-12)11-3/h4-5,8-11,13H,6H2,1-3H3/b5-4+. The minimum absolute atomic E-state index is 0.0649. The van der Waals surface area contributed by atoms with E-state index in [0.717, 1.165) is 6.42 Å². The van der Waals surface area contributed by atoms with Crippen LogP contribution in [0.5, 0.6) is 0 Å². The summed E-state index contributed by atoms with van der Waals surface area (Å²) in [5, 5.41) is 12.4. The number of likely N-dealkylation sites (N-methyl/N-ethyl adjacent to an activating group) is 1. The number of hydrogen-bond donors (Lipinski definition) is 2. The smallest absolute Gasteiger partial charge is 0.219 e. The largest absolute Gasteiger partial charge is 0.391 e. The topological polar surface area (TPSA) is 49.3 Å². The maximum absolute atomic E-state index is 10.4. The third kappa shape index (κ3) is 4.20. The fraction of sp³-hybridized carbons (Fsp3) is 0.700. The second-order valence-corrected chi connectivity index (χ2v) is 3.16. The van der Waals surface area contributed by atoms with E-state index in [4.69, 9.17) is 0 Å². The number of carbonyl (C=O) groups excluding carboxylic acids is 1. The van der Waals surface area contributed by atoms with E-state index in [1.165, 1.54) is 0 Å². The molecule has 0 aromatic carbocycles. The predicted molar refractivity (Wildman–Crippen MR) is 53.1 cm³/mol. The van der Waals surface area contributed by atoms with Gasteiger partial charge in [-0.2, -0.15) is 0 Å². The molecule has 3 heteroatoms. The third-order valence-electron chi connectivity index (χ3n) is 2.11. The molecule has 0 spiro atoms. The highest BCUT2D eigenvalue weighted by Gasteiger charge is 2.22. The molecule has 0 rings (SSSR count). The van der Waals surface area contributed by atoms with Crippen molar-refractivity contribution < 1.29 is 9.90 Å². The molecule has 3 nitrogen and oxygen atoms in total. The molecule has 0 aromatic heterocycles. The van der Waals surface area contributed by atoms with Crippen molar-refractivity contribution in [3.63, 3.8) is 0 Å². The normalized spacial score (nSPS) is 18.5. The summed E-state index contributed by atoms with van der Waals surface area (Å²) in [5.74, 6) is 0.0649. The minimum Gasteiger partial charge on any atom is -0.391 e. The minimum atomic E-state index is -0.668. The van der Waals surface area contributed by atoms with Crippen LogP contribution in [0.2, 0.25) is 0 Å². The van der Waals surface area contributed by atoms with Crippen molar-refractivity contribution in [2.24, 2.45) is 5.92 Å². The lowest BCUT2D eigenvalue weighted by molar-refractivity contribution is 0.100. The highest BCUT2D eigenvalue weighted by atomic mass is 16.3. The highest BCUT2D eigenvalue weighted by molar-refractivity contribution is 5.59. The lowest BCUT2D eigenvalue weighted by Gasteiger charge is -2.21. The molecule has 0 aromatic rings. The van der Waals surface area contributed by atoms with Gasteiger partial charge in [0.05, 0.1) is 6.10 Å². The fourth-order valence-corrected chi connectivity index (χ4v) is 1.12. The van der Waals surface area contributed by atoms with Crippen molar-refractivity contribution in [1.82, 2.24) is 5.32 Å². The van der Waals surface area contributed by atoms with Crippen LogP contribution < -0.4 is 5.32 Å². The summed E-state index contributed by atoms with van der Waals surface area (Å²) >= 11 is 0. The van der Waals surface area contributed by atoms with Crippen molar-refractivity contribution in [3.05, 3.63) is 12.2 Å². The Morgan fingerprint density at radius 2 is 2.23 bits per heavy atom. The molecule has 0 saturated carbocycles. The second-order valence-electron chi connectivity index (χ2n) is 3.16. The summed E-state index contributed by atoms with van der Waals surface area (Å²) in [5.41, 5.74) is 0. The number of nitrogens with one attached hydrogen (secondary N) is 1. The van der Waals surface area contributed by atoms with Gasteiger partial charge < -0.3 is 10.4 Å². The van der Waals surface area contributed by atoms with E-state index >= 15 is 0 Å². The molecule has 13 heavy (non-hydrogen) atoms. The van der Waals surface area contributed by atoms with Gasteiger partial charge in [0, 0.05) is 0 Å². The molecule has 3 atom stereocenters. The number of hydrogen-bond acceptors (Lipinski definition) is 3. The quantitative estimate of drug-likeness (QED) is 0.596. The second kappa shape index (κ2) is 6.80. The van der Waals surface area contributed by atoms with Gasteiger partial charge in [-0.25, -0.2) is 0 Å².